The average Bonchev–Trinajstić information content (AvgIpc) is 2.81. The van der Waals surface area contributed by atoms with Crippen LogP contribution in [-0.2, 0) is 6.42 Å². The fourth-order valence-corrected chi connectivity index (χ4v) is 1.43. The van der Waals surface area contributed by atoms with Crippen molar-refractivity contribution in [3.63, 3.8) is 0 Å². The number of halogens is 3. The Morgan fingerprint density at radius 2 is 1.95 bits per heavy atom. The minimum Gasteiger partial charge on any atom is -0.479 e. The van der Waals surface area contributed by atoms with Crippen molar-refractivity contribution >= 4 is 0 Å². The van der Waals surface area contributed by atoms with Gasteiger partial charge in [-0.05, 0) is 11.6 Å². The molecule has 0 N–H and O–H groups in total. The molecule has 19 heavy (non-hydrogen) atoms. The molecule has 1 heterocycles. The number of aromatic nitrogens is 1. The molecule has 1 aromatic heterocycles. The summed E-state index contributed by atoms with van der Waals surface area (Å²) in [7, 11) is 1.34. The molecule has 102 valence electrons. The Labute approximate surface area is 107 Å². The summed E-state index contributed by atoms with van der Waals surface area (Å²) in [5, 5.41) is 21.4. The monoisotopic (exact) mass is 273 g/mol. The molecule has 0 saturated carbocycles. The molecule has 0 amide bonds. The second-order valence-electron chi connectivity index (χ2n) is 3.93. The van der Waals surface area contributed by atoms with Crippen LogP contribution in [0.1, 0.15) is 18.6 Å². The highest BCUT2D eigenvalue weighted by Gasteiger charge is 2.38. The number of hydrogen-bond acceptors (Lipinski definition) is 5. The van der Waals surface area contributed by atoms with Crippen LogP contribution >= 0.6 is 0 Å². The molecule has 0 unspecified atom stereocenters. The van der Waals surface area contributed by atoms with E-state index in [1.165, 1.54) is 13.2 Å². The van der Waals surface area contributed by atoms with Gasteiger partial charge in [0.05, 0.1) is 19.2 Å². The van der Waals surface area contributed by atoms with Crippen molar-refractivity contribution in [2.45, 2.75) is 25.4 Å². The van der Waals surface area contributed by atoms with E-state index in [-0.39, 0.29) is 18.1 Å². The maximum atomic E-state index is 12.2. The summed E-state index contributed by atoms with van der Waals surface area (Å²) in [5.41, 5.74) is -1.79. The highest BCUT2D eigenvalue weighted by atomic mass is 19.4. The molecule has 0 aromatic carbocycles. The van der Waals surface area contributed by atoms with E-state index < -0.39 is 24.4 Å². The first kappa shape index (κ1) is 14.8. The number of nitriles is 2. The summed E-state index contributed by atoms with van der Waals surface area (Å²) in [6.45, 7) is 0. The van der Waals surface area contributed by atoms with Crippen molar-refractivity contribution in [2.24, 2.45) is 5.41 Å². The van der Waals surface area contributed by atoms with Crippen LogP contribution in [0, 0.1) is 28.1 Å². The van der Waals surface area contributed by atoms with Crippen LogP contribution in [0.2, 0.25) is 0 Å². The highest BCUT2D eigenvalue weighted by molar-refractivity contribution is 5.21. The molecule has 0 bridgehead atoms. The Balaban J connectivity index is 2.83. The number of rotatable bonds is 5. The van der Waals surface area contributed by atoms with E-state index in [1.54, 1.807) is 12.1 Å². The molecule has 0 aliphatic heterocycles. The first-order valence-electron chi connectivity index (χ1n) is 5.23. The summed E-state index contributed by atoms with van der Waals surface area (Å²) >= 11 is 0. The standard InChI is InChI=1S/C11H10F3N3O2/c1-18-9-4-8(19-17-9)5-10(6-15,7-16)2-3-11(12,13)14/h4H,2-3,5H2,1H3. The van der Waals surface area contributed by atoms with Crippen LogP contribution in [0.25, 0.3) is 0 Å². The maximum Gasteiger partial charge on any atom is 0.389 e. The molecular weight excluding hydrogens is 263 g/mol. The molecule has 1 rings (SSSR count). The van der Waals surface area contributed by atoms with Gasteiger partial charge >= 0.3 is 6.18 Å². The molecule has 0 fully saturated rings. The van der Waals surface area contributed by atoms with Gasteiger partial charge in [0.1, 0.15) is 5.76 Å². The van der Waals surface area contributed by atoms with E-state index in [0.717, 1.165) is 0 Å². The van der Waals surface area contributed by atoms with Crippen molar-refractivity contribution in [3.8, 4) is 18.0 Å². The summed E-state index contributed by atoms with van der Waals surface area (Å²) in [6, 6.07) is 4.58. The topological polar surface area (TPSA) is 82.8 Å². The molecule has 0 atom stereocenters. The van der Waals surface area contributed by atoms with Crippen LogP contribution in [0.5, 0.6) is 5.88 Å². The number of nitrogens with zero attached hydrogens (tertiary/aromatic N) is 3. The lowest BCUT2D eigenvalue weighted by Crippen LogP contribution is -2.22. The van der Waals surface area contributed by atoms with E-state index in [4.69, 9.17) is 19.8 Å². The molecule has 0 saturated heterocycles. The molecule has 1 aromatic rings. The largest absolute Gasteiger partial charge is 0.479 e. The van der Waals surface area contributed by atoms with E-state index in [0.29, 0.717) is 0 Å². The highest BCUT2D eigenvalue weighted by Crippen LogP contribution is 2.33. The van der Waals surface area contributed by atoms with Gasteiger partial charge in [0.25, 0.3) is 5.88 Å². The van der Waals surface area contributed by atoms with Crippen LogP contribution in [0.15, 0.2) is 10.6 Å². The van der Waals surface area contributed by atoms with Crippen LogP contribution in [0.3, 0.4) is 0 Å². The Kier molecular flexibility index (Phi) is 4.38. The second kappa shape index (κ2) is 5.61. The molecule has 5 nitrogen and oxygen atoms in total. The van der Waals surface area contributed by atoms with Crippen molar-refractivity contribution in [1.82, 2.24) is 5.16 Å². The fourth-order valence-electron chi connectivity index (χ4n) is 1.43. The summed E-state index contributed by atoms with van der Waals surface area (Å²) in [5.74, 6) is 0.262. The summed E-state index contributed by atoms with van der Waals surface area (Å²) in [4.78, 5) is 0. The smallest absolute Gasteiger partial charge is 0.389 e. The van der Waals surface area contributed by atoms with Crippen molar-refractivity contribution in [2.75, 3.05) is 7.11 Å². The average molecular weight is 273 g/mol. The van der Waals surface area contributed by atoms with Crippen molar-refractivity contribution in [1.29, 1.82) is 10.5 Å². The second-order valence-corrected chi connectivity index (χ2v) is 3.93. The SMILES string of the molecule is COc1cc(CC(C#N)(C#N)CCC(F)(F)F)on1. The van der Waals surface area contributed by atoms with E-state index in [9.17, 15) is 13.2 Å². The zero-order valence-electron chi connectivity index (χ0n) is 9.99. The molecule has 0 aliphatic rings. The van der Waals surface area contributed by atoms with Gasteiger partial charge in [0.15, 0.2) is 5.41 Å². The van der Waals surface area contributed by atoms with E-state index in [2.05, 4.69) is 5.16 Å². The molecule has 8 heteroatoms. The number of alkyl halides is 3. The van der Waals surface area contributed by atoms with Gasteiger partial charge < -0.3 is 9.26 Å². The lowest BCUT2D eigenvalue weighted by atomic mass is 9.82. The fraction of sp³-hybridized carbons (Fsp3) is 0.545. The lowest BCUT2D eigenvalue weighted by Gasteiger charge is -2.17. The third-order valence-corrected chi connectivity index (χ3v) is 2.49. The molecule has 0 aliphatic carbocycles. The van der Waals surface area contributed by atoms with E-state index >= 15 is 0 Å². The molecule has 0 radical (unpaired) electrons. The third kappa shape index (κ3) is 4.18. The minimum atomic E-state index is -4.42. The molecule has 0 spiro atoms. The van der Waals surface area contributed by atoms with Gasteiger partial charge in [-0.1, -0.05) is 0 Å². The minimum absolute atomic E-state index is 0.127. The van der Waals surface area contributed by atoms with Crippen molar-refractivity contribution in [3.05, 3.63) is 11.8 Å². The predicted octanol–water partition coefficient (Wildman–Crippen LogP) is 2.60. The normalized spacial score (nSPS) is 11.7. The lowest BCUT2D eigenvalue weighted by molar-refractivity contribution is -0.138. The van der Waals surface area contributed by atoms with E-state index in [1.807, 2.05) is 0 Å². The quantitative estimate of drug-likeness (QED) is 0.823. The van der Waals surface area contributed by atoms with Crippen LogP contribution in [-0.4, -0.2) is 18.4 Å². The van der Waals surface area contributed by atoms with Gasteiger partial charge in [0.2, 0.25) is 0 Å². The predicted molar refractivity (Wildman–Crippen MR) is 55.7 cm³/mol. The summed E-state index contributed by atoms with van der Waals surface area (Å²) in [6.07, 6.45) is -6.52. The van der Waals surface area contributed by atoms with Gasteiger partial charge in [-0.15, -0.1) is 0 Å². The van der Waals surface area contributed by atoms with Crippen LogP contribution < -0.4 is 4.74 Å². The molecular formula is C11H10F3N3O2. The maximum absolute atomic E-state index is 12.2. The van der Waals surface area contributed by atoms with Gasteiger partial charge in [-0.3, -0.25) is 0 Å². The third-order valence-electron chi connectivity index (χ3n) is 2.49. The number of ether oxygens (including phenoxy) is 1. The Bertz CT molecular complexity index is 496. The van der Waals surface area contributed by atoms with Crippen LogP contribution in [0.4, 0.5) is 13.2 Å². The first-order chi connectivity index (χ1) is 8.84. The van der Waals surface area contributed by atoms with Gasteiger partial charge in [-0.2, -0.15) is 23.7 Å². The first-order valence-corrected chi connectivity index (χ1v) is 5.23. The zero-order chi connectivity index (χ0) is 14.5. The van der Waals surface area contributed by atoms with Gasteiger partial charge in [0, 0.05) is 18.9 Å². The Morgan fingerprint density at radius 3 is 2.37 bits per heavy atom. The number of hydrogen-bond donors (Lipinski definition) is 0. The summed E-state index contributed by atoms with van der Waals surface area (Å²) < 4.78 is 46.1. The Morgan fingerprint density at radius 1 is 1.32 bits per heavy atom. The van der Waals surface area contributed by atoms with Crippen molar-refractivity contribution < 1.29 is 22.4 Å². The van der Waals surface area contributed by atoms with Gasteiger partial charge in [-0.25, -0.2) is 0 Å². The zero-order valence-corrected chi connectivity index (χ0v) is 9.99. The Hall–Kier alpha value is -2.22. The number of methoxy groups -OCH3 is 1.